The highest BCUT2D eigenvalue weighted by atomic mass is 127. The number of nitrogens with one attached hydrogen (secondary N) is 2. The number of rotatable bonds is 2. The fourth-order valence-electron chi connectivity index (χ4n) is 0.941. The molecule has 0 aliphatic rings. The van der Waals surface area contributed by atoms with Gasteiger partial charge < -0.3 is 5.32 Å². The van der Waals surface area contributed by atoms with Gasteiger partial charge in [0.05, 0.1) is 6.20 Å². The van der Waals surface area contributed by atoms with E-state index >= 15 is 0 Å². The number of amides is 1. The van der Waals surface area contributed by atoms with Gasteiger partial charge in [-0.1, -0.05) is 0 Å². The van der Waals surface area contributed by atoms with Gasteiger partial charge in [0, 0.05) is 9.77 Å². The van der Waals surface area contributed by atoms with Crippen LogP contribution < -0.4 is 5.32 Å². The molecule has 0 aromatic carbocycles. The maximum absolute atomic E-state index is 11.5. The first kappa shape index (κ1) is 10.0. The van der Waals surface area contributed by atoms with E-state index in [1.807, 2.05) is 6.07 Å². The molecule has 1 amide bonds. The topological polar surface area (TPSA) is 83.6 Å². The van der Waals surface area contributed by atoms with Gasteiger partial charge in [-0.3, -0.25) is 4.79 Å². The summed E-state index contributed by atoms with van der Waals surface area (Å²) in [5, 5.41) is 12.2. The minimum atomic E-state index is -0.336. The van der Waals surface area contributed by atoms with Crippen LogP contribution in [-0.4, -0.2) is 26.3 Å². The van der Waals surface area contributed by atoms with Crippen LogP contribution >= 0.6 is 22.6 Å². The summed E-state index contributed by atoms with van der Waals surface area (Å²) >= 11 is 2.14. The molecule has 7 heteroatoms. The SMILES string of the molecule is O=C(Nc1ccc(I)cn1)c1cn[nH]n1. The Labute approximate surface area is 98.6 Å². The van der Waals surface area contributed by atoms with Crippen molar-refractivity contribution in [3.05, 3.63) is 33.8 Å². The normalized spacial score (nSPS) is 9.93. The van der Waals surface area contributed by atoms with E-state index in [0.29, 0.717) is 5.82 Å². The molecule has 15 heavy (non-hydrogen) atoms. The molecule has 0 saturated carbocycles. The van der Waals surface area contributed by atoms with Crippen molar-refractivity contribution in [3.63, 3.8) is 0 Å². The van der Waals surface area contributed by atoms with Crippen LogP contribution in [0.3, 0.4) is 0 Å². The lowest BCUT2D eigenvalue weighted by Crippen LogP contribution is -2.13. The first-order valence-electron chi connectivity index (χ1n) is 4.04. The number of hydrogen-bond acceptors (Lipinski definition) is 4. The molecular weight excluding hydrogens is 309 g/mol. The van der Waals surface area contributed by atoms with Crippen molar-refractivity contribution in [2.45, 2.75) is 0 Å². The smallest absolute Gasteiger partial charge is 0.278 e. The van der Waals surface area contributed by atoms with Crippen molar-refractivity contribution in [2.24, 2.45) is 0 Å². The molecule has 6 nitrogen and oxygen atoms in total. The van der Waals surface area contributed by atoms with Crippen LogP contribution in [-0.2, 0) is 0 Å². The van der Waals surface area contributed by atoms with Crippen LogP contribution in [0.1, 0.15) is 10.5 Å². The van der Waals surface area contributed by atoms with Gasteiger partial charge in [0.15, 0.2) is 5.69 Å². The largest absolute Gasteiger partial charge is 0.305 e. The Morgan fingerprint density at radius 3 is 2.87 bits per heavy atom. The molecule has 0 aliphatic heterocycles. The van der Waals surface area contributed by atoms with Crippen LogP contribution in [0.25, 0.3) is 0 Å². The predicted octanol–water partition coefficient (Wildman–Crippen LogP) is 1.06. The van der Waals surface area contributed by atoms with Crippen molar-refractivity contribution in [1.29, 1.82) is 0 Å². The summed E-state index contributed by atoms with van der Waals surface area (Å²) < 4.78 is 1.01. The van der Waals surface area contributed by atoms with Crippen molar-refractivity contribution in [3.8, 4) is 0 Å². The standard InChI is InChI=1S/C8H6IN5O/c9-5-1-2-7(10-3-5)12-8(15)6-4-11-14-13-6/h1-4H,(H,10,12,15)(H,11,13,14). The maximum atomic E-state index is 11.5. The average Bonchev–Trinajstić information content (AvgIpc) is 2.74. The van der Waals surface area contributed by atoms with E-state index in [1.165, 1.54) is 6.20 Å². The molecule has 76 valence electrons. The molecule has 0 bridgehead atoms. The number of anilines is 1. The summed E-state index contributed by atoms with van der Waals surface area (Å²) in [4.78, 5) is 15.5. The van der Waals surface area contributed by atoms with E-state index in [1.54, 1.807) is 12.3 Å². The zero-order valence-electron chi connectivity index (χ0n) is 7.44. The Morgan fingerprint density at radius 2 is 2.27 bits per heavy atom. The summed E-state index contributed by atoms with van der Waals surface area (Å²) in [5.74, 6) is 0.154. The lowest BCUT2D eigenvalue weighted by atomic mass is 10.4. The summed E-state index contributed by atoms with van der Waals surface area (Å²) in [6, 6.07) is 3.58. The van der Waals surface area contributed by atoms with E-state index < -0.39 is 0 Å². The zero-order chi connectivity index (χ0) is 10.7. The number of pyridine rings is 1. The fraction of sp³-hybridized carbons (Fsp3) is 0. The fourth-order valence-corrected chi connectivity index (χ4v) is 1.26. The molecule has 2 aromatic heterocycles. The third kappa shape index (κ3) is 2.49. The Morgan fingerprint density at radius 1 is 1.40 bits per heavy atom. The highest BCUT2D eigenvalue weighted by Gasteiger charge is 2.08. The third-order valence-corrected chi connectivity index (χ3v) is 2.25. The predicted molar refractivity (Wildman–Crippen MR) is 61.3 cm³/mol. The maximum Gasteiger partial charge on any atom is 0.278 e. The molecular formula is C8H6IN5O. The second kappa shape index (κ2) is 4.34. The Balaban J connectivity index is 2.09. The van der Waals surface area contributed by atoms with Crippen LogP contribution in [0.5, 0.6) is 0 Å². The molecule has 0 aliphatic carbocycles. The molecule has 0 saturated heterocycles. The molecule has 2 heterocycles. The van der Waals surface area contributed by atoms with Gasteiger partial charge in [-0.2, -0.15) is 15.4 Å². The van der Waals surface area contributed by atoms with Crippen molar-refractivity contribution >= 4 is 34.3 Å². The number of carbonyl (C=O) groups excluding carboxylic acids is 1. The van der Waals surface area contributed by atoms with Crippen LogP contribution in [0.2, 0.25) is 0 Å². The second-order valence-electron chi connectivity index (χ2n) is 2.67. The quantitative estimate of drug-likeness (QED) is 0.812. The second-order valence-corrected chi connectivity index (χ2v) is 3.92. The number of aromatic nitrogens is 4. The number of H-pyrrole nitrogens is 1. The van der Waals surface area contributed by atoms with E-state index in [9.17, 15) is 4.79 Å². The molecule has 2 N–H and O–H groups in total. The van der Waals surface area contributed by atoms with Crippen molar-refractivity contribution in [1.82, 2.24) is 20.4 Å². The van der Waals surface area contributed by atoms with Gasteiger partial charge in [-0.05, 0) is 34.7 Å². The van der Waals surface area contributed by atoms with Gasteiger partial charge >= 0.3 is 0 Å². The summed E-state index contributed by atoms with van der Waals surface area (Å²) in [5.41, 5.74) is 0.232. The van der Waals surface area contributed by atoms with Gasteiger partial charge in [0.2, 0.25) is 0 Å². The number of hydrogen-bond donors (Lipinski definition) is 2. The monoisotopic (exact) mass is 315 g/mol. The number of nitrogens with zero attached hydrogens (tertiary/aromatic N) is 3. The van der Waals surface area contributed by atoms with E-state index in [2.05, 4.69) is 48.3 Å². The highest BCUT2D eigenvalue weighted by Crippen LogP contribution is 2.07. The minimum Gasteiger partial charge on any atom is -0.305 e. The van der Waals surface area contributed by atoms with E-state index in [-0.39, 0.29) is 11.6 Å². The Bertz CT molecular complexity index is 452. The molecule has 2 aromatic rings. The molecule has 0 spiro atoms. The Kier molecular flexibility index (Phi) is 2.90. The summed E-state index contributed by atoms with van der Waals surface area (Å²) in [7, 11) is 0. The minimum absolute atomic E-state index is 0.232. The molecule has 0 unspecified atom stereocenters. The highest BCUT2D eigenvalue weighted by molar-refractivity contribution is 14.1. The van der Waals surface area contributed by atoms with Crippen LogP contribution in [0.15, 0.2) is 24.5 Å². The van der Waals surface area contributed by atoms with Gasteiger partial charge in [0.1, 0.15) is 5.82 Å². The lowest BCUT2D eigenvalue weighted by Gasteiger charge is -2.00. The van der Waals surface area contributed by atoms with E-state index in [0.717, 1.165) is 3.57 Å². The molecule has 0 atom stereocenters. The lowest BCUT2D eigenvalue weighted by molar-refractivity contribution is 0.102. The number of halogens is 1. The molecule has 0 fully saturated rings. The number of aromatic amines is 1. The number of carbonyl (C=O) groups is 1. The molecule has 0 radical (unpaired) electrons. The Hall–Kier alpha value is -1.51. The van der Waals surface area contributed by atoms with Crippen LogP contribution in [0.4, 0.5) is 5.82 Å². The van der Waals surface area contributed by atoms with Crippen molar-refractivity contribution < 1.29 is 4.79 Å². The van der Waals surface area contributed by atoms with Gasteiger partial charge in [-0.15, -0.1) is 0 Å². The molecule has 2 rings (SSSR count). The van der Waals surface area contributed by atoms with E-state index in [4.69, 9.17) is 0 Å². The summed E-state index contributed by atoms with van der Waals surface area (Å²) in [6.07, 6.45) is 3.01. The van der Waals surface area contributed by atoms with Crippen molar-refractivity contribution in [2.75, 3.05) is 5.32 Å². The summed E-state index contributed by atoms with van der Waals surface area (Å²) in [6.45, 7) is 0. The zero-order valence-corrected chi connectivity index (χ0v) is 9.59. The van der Waals surface area contributed by atoms with Gasteiger partial charge in [-0.25, -0.2) is 4.98 Å². The van der Waals surface area contributed by atoms with Crippen LogP contribution in [0, 0.1) is 3.57 Å². The van der Waals surface area contributed by atoms with Gasteiger partial charge in [0.25, 0.3) is 5.91 Å². The average molecular weight is 315 g/mol. The third-order valence-electron chi connectivity index (χ3n) is 1.62. The first-order valence-corrected chi connectivity index (χ1v) is 5.12. The first-order chi connectivity index (χ1) is 7.25.